The standard InChI is InChI=1S/C16H19ClF2N6O/c1-23-9-12(13(22-23)14(18)19)15(26)25-5-3-11(4-6-25)24(2)16-20-7-10(17)8-21-16/h7-9,11,14H,3-6H2,1-2H3. The van der Waals surface area contributed by atoms with Gasteiger partial charge in [0.15, 0.2) is 0 Å². The van der Waals surface area contributed by atoms with E-state index in [0.717, 1.165) is 0 Å². The first-order valence-corrected chi connectivity index (χ1v) is 8.56. The lowest BCUT2D eigenvalue weighted by molar-refractivity contribution is 0.0701. The van der Waals surface area contributed by atoms with Gasteiger partial charge >= 0.3 is 0 Å². The topological polar surface area (TPSA) is 67.2 Å². The fraction of sp³-hybridized carbons (Fsp3) is 0.500. The van der Waals surface area contributed by atoms with Crippen LogP contribution in [-0.2, 0) is 7.05 Å². The van der Waals surface area contributed by atoms with Gasteiger partial charge in [-0.05, 0) is 12.8 Å². The number of piperidine rings is 1. The summed E-state index contributed by atoms with van der Waals surface area (Å²) in [5.41, 5.74) is -0.498. The van der Waals surface area contributed by atoms with Crippen LogP contribution in [0.5, 0.6) is 0 Å². The molecular weight excluding hydrogens is 366 g/mol. The molecule has 3 heterocycles. The smallest absolute Gasteiger partial charge is 0.282 e. The number of likely N-dealkylation sites (tertiary alicyclic amines) is 1. The zero-order chi connectivity index (χ0) is 18.8. The molecule has 1 saturated heterocycles. The Labute approximate surface area is 154 Å². The number of carbonyl (C=O) groups excluding carboxylic acids is 1. The molecule has 1 aliphatic heterocycles. The Hall–Kier alpha value is -2.29. The largest absolute Gasteiger partial charge is 0.341 e. The summed E-state index contributed by atoms with van der Waals surface area (Å²) in [5.74, 6) is 0.156. The van der Waals surface area contributed by atoms with E-state index < -0.39 is 18.0 Å². The zero-order valence-corrected chi connectivity index (χ0v) is 15.2. The maximum absolute atomic E-state index is 13.1. The second-order valence-electron chi connectivity index (χ2n) is 6.24. The first-order valence-electron chi connectivity index (χ1n) is 8.18. The lowest BCUT2D eigenvalue weighted by Gasteiger charge is -2.36. The number of alkyl halides is 2. The molecule has 0 bridgehead atoms. The van der Waals surface area contributed by atoms with Gasteiger partial charge in [0.25, 0.3) is 12.3 Å². The van der Waals surface area contributed by atoms with Gasteiger partial charge in [-0.2, -0.15) is 5.10 Å². The van der Waals surface area contributed by atoms with E-state index in [2.05, 4.69) is 15.1 Å². The Bertz CT molecular complexity index is 774. The van der Waals surface area contributed by atoms with Crippen LogP contribution in [0.2, 0.25) is 5.02 Å². The van der Waals surface area contributed by atoms with Crippen LogP contribution in [0.4, 0.5) is 14.7 Å². The fourth-order valence-corrected chi connectivity index (χ4v) is 3.21. The Morgan fingerprint density at radius 2 is 1.92 bits per heavy atom. The minimum absolute atomic E-state index is 0.0321. The highest BCUT2D eigenvalue weighted by molar-refractivity contribution is 6.30. The van der Waals surface area contributed by atoms with Crippen LogP contribution < -0.4 is 4.90 Å². The zero-order valence-electron chi connectivity index (χ0n) is 14.4. The monoisotopic (exact) mass is 384 g/mol. The molecule has 0 aromatic carbocycles. The first kappa shape index (κ1) is 18.5. The number of anilines is 1. The van der Waals surface area contributed by atoms with Crippen molar-refractivity contribution >= 4 is 23.5 Å². The highest BCUT2D eigenvalue weighted by Gasteiger charge is 2.30. The van der Waals surface area contributed by atoms with E-state index in [1.165, 1.54) is 30.3 Å². The molecule has 26 heavy (non-hydrogen) atoms. The molecule has 2 aromatic rings. The number of nitrogens with zero attached hydrogens (tertiary/aromatic N) is 6. The average molecular weight is 385 g/mol. The summed E-state index contributed by atoms with van der Waals surface area (Å²) in [4.78, 5) is 24.5. The van der Waals surface area contributed by atoms with Crippen LogP contribution in [0, 0.1) is 0 Å². The Balaban J connectivity index is 1.65. The molecule has 3 rings (SSSR count). The van der Waals surface area contributed by atoms with E-state index in [4.69, 9.17) is 11.6 Å². The minimum Gasteiger partial charge on any atom is -0.341 e. The lowest BCUT2D eigenvalue weighted by atomic mass is 10.0. The van der Waals surface area contributed by atoms with Gasteiger partial charge in [0, 0.05) is 39.4 Å². The van der Waals surface area contributed by atoms with Crippen molar-refractivity contribution in [1.82, 2.24) is 24.6 Å². The number of rotatable bonds is 4. The van der Waals surface area contributed by atoms with Gasteiger partial charge in [0.05, 0.1) is 23.0 Å². The Morgan fingerprint density at radius 3 is 2.50 bits per heavy atom. The summed E-state index contributed by atoms with van der Waals surface area (Å²) in [6.07, 6.45) is 3.03. The van der Waals surface area contributed by atoms with E-state index in [1.807, 2.05) is 11.9 Å². The lowest BCUT2D eigenvalue weighted by Crippen LogP contribution is -2.46. The molecule has 0 spiro atoms. The van der Waals surface area contributed by atoms with Gasteiger partial charge < -0.3 is 9.80 Å². The quantitative estimate of drug-likeness (QED) is 0.810. The number of hydrogen-bond acceptors (Lipinski definition) is 5. The van der Waals surface area contributed by atoms with Gasteiger partial charge in [-0.3, -0.25) is 9.48 Å². The molecule has 0 N–H and O–H groups in total. The third-order valence-electron chi connectivity index (χ3n) is 4.52. The molecule has 0 unspecified atom stereocenters. The Kier molecular flexibility index (Phi) is 5.36. The summed E-state index contributed by atoms with van der Waals surface area (Å²) in [6.45, 7) is 0.942. The van der Waals surface area contributed by atoms with Crippen LogP contribution in [0.1, 0.15) is 35.3 Å². The van der Waals surface area contributed by atoms with Crippen LogP contribution in [-0.4, -0.2) is 56.7 Å². The van der Waals surface area contributed by atoms with Crippen LogP contribution in [0.15, 0.2) is 18.6 Å². The number of halogens is 3. The molecule has 1 amide bonds. The summed E-state index contributed by atoms with van der Waals surface area (Å²) in [6, 6.07) is 0.156. The summed E-state index contributed by atoms with van der Waals surface area (Å²) < 4.78 is 27.4. The van der Waals surface area contributed by atoms with Crippen LogP contribution in [0.25, 0.3) is 0 Å². The third-order valence-corrected chi connectivity index (χ3v) is 4.71. The molecular formula is C16H19ClF2N6O. The van der Waals surface area contributed by atoms with E-state index in [1.54, 1.807) is 4.90 Å². The minimum atomic E-state index is -2.78. The molecule has 140 valence electrons. The van der Waals surface area contributed by atoms with Crippen molar-refractivity contribution in [3.05, 3.63) is 34.9 Å². The SMILES string of the molecule is CN(c1ncc(Cl)cn1)C1CCN(C(=O)c2cn(C)nc2C(F)F)CC1. The highest BCUT2D eigenvalue weighted by Crippen LogP contribution is 2.25. The number of aromatic nitrogens is 4. The predicted octanol–water partition coefficient (Wildman–Crippen LogP) is 2.54. The van der Waals surface area contributed by atoms with E-state index in [9.17, 15) is 13.6 Å². The van der Waals surface area contributed by atoms with Gasteiger partial charge in [0.1, 0.15) is 5.69 Å². The molecule has 7 nitrogen and oxygen atoms in total. The maximum atomic E-state index is 13.1. The van der Waals surface area contributed by atoms with Gasteiger partial charge in [0.2, 0.25) is 5.95 Å². The normalized spacial score (nSPS) is 15.5. The molecule has 0 saturated carbocycles. The van der Waals surface area contributed by atoms with Crippen molar-refractivity contribution in [3.63, 3.8) is 0 Å². The molecule has 1 aliphatic rings. The van der Waals surface area contributed by atoms with Crippen molar-refractivity contribution in [3.8, 4) is 0 Å². The summed E-state index contributed by atoms with van der Waals surface area (Å²) >= 11 is 5.80. The summed E-state index contributed by atoms with van der Waals surface area (Å²) in [5, 5.41) is 4.17. The highest BCUT2D eigenvalue weighted by atomic mass is 35.5. The van der Waals surface area contributed by atoms with Crippen molar-refractivity contribution in [2.45, 2.75) is 25.3 Å². The summed E-state index contributed by atoms with van der Waals surface area (Å²) in [7, 11) is 3.41. The van der Waals surface area contributed by atoms with Crippen molar-refractivity contribution < 1.29 is 13.6 Å². The van der Waals surface area contributed by atoms with Gasteiger partial charge in [-0.25, -0.2) is 18.7 Å². The second-order valence-corrected chi connectivity index (χ2v) is 6.67. The first-order chi connectivity index (χ1) is 12.4. The van der Waals surface area contributed by atoms with E-state index in [0.29, 0.717) is 36.9 Å². The van der Waals surface area contributed by atoms with Crippen molar-refractivity contribution in [2.24, 2.45) is 7.05 Å². The molecule has 0 radical (unpaired) electrons. The Morgan fingerprint density at radius 1 is 1.31 bits per heavy atom. The average Bonchev–Trinajstić information content (AvgIpc) is 3.03. The number of amides is 1. The molecule has 1 fully saturated rings. The fourth-order valence-electron chi connectivity index (χ4n) is 3.11. The van der Waals surface area contributed by atoms with Crippen molar-refractivity contribution in [1.29, 1.82) is 0 Å². The van der Waals surface area contributed by atoms with E-state index >= 15 is 0 Å². The number of hydrogen-bond donors (Lipinski definition) is 0. The second kappa shape index (κ2) is 7.53. The van der Waals surface area contributed by atoms with Crippen LogP contribution in [0.3, 0.4) is 0 Å². The molecule has 0 atom stereocenters. The third kappa shape index (κ3) is 3.77. The van der Waals surface area contributed by atoms with Crippen LogP contribution >= 0.6 is 11.6 Å². The predicted molar refractivity (Wildman–Crippen MR) is 92.5 cm³/mol. The molecule has 0 aliphatic carbocycles. The van der Waals surface area contributed by atoms with Crippen molar-refractivity contribution in [2.75, 3.05) is 25.0 Å². The van der Waals surface area contributed by atoms with E-state index in [-0.39, 0.29) is 11.6 Å². The number of aryl methyl sites for hydroxylation is 1. The van der Waals surface area contributed by atoms with Gasteiger partial charge in [-0.15, -0.1) is 0 Å². The van der Waals surface area contributed by atoms with Gasteiger partial charge in [-0.1, -0.05) is 11.6 Å². The molecule has 10 heteroatoms. The maximum Gasteiger partial charge on any atom is 0.282 e. The molecule has 2 aromatic heterocycles. The number of carbonyl (C=O) groups is 1.